The molecule has 0 spiro atoms. The summed E-state index contributed by atoms with van der Waals surface area (Å²) in [5.74, 6) is 1.39. The molecule has 322 valence electrons. The number of anilines is 6. The second kappa shape index (κ2) is 19.1. The van der Waals surface area contributed by atoms with Gasteiger partial charge in [-0.3, -0.25) is 0 Å². The maximum atomic E-state index is 5.08. The van der Waals surface area contributed by atoms with Crippen molar-refractivity contribution in [1.82, 2.24) is 19.9 Å². The first-order valence-corrected chi connectivity index (χ1v) is 22.7. The van der Waals surface area contributed by atoms with Gasteiger partial charge in [-0.25, -0.2) is 19.9 Å². The zero-order valence-corrected chi connectivity index (χ0v) is 37.1. The van der Waals surface area contributed by atoms with Gasteiger partial charge in [0.25, 0.3) is 0 Å². The van der Waals surface area contributed by atoms with E-state index in [0.29, 0.717) is 11.6 Å². The Bertz CT molecular complexity index is 3040. The van der Waals surface area contributed by atoms with E-state index in [1.54, 1.807) is 0 Å². The van der Waals surface area contributed by atoms with Crippen LogP contribution in [0.15, 0.2) is 267 Å². The van der Waals surface area contributed by atoms with E-state index in [2.05, 4.69) is 204 Å². The van der Waals surface area contributed by atoms with Crippen molar-refractivity contribution in [2.24, 2.45) is 0 Å². The summed E-state index contributed by atoms with van der Waals surface area (Å²) in [6, 6.07) is 92.1. The van der Waals surface area contributed by atoms with E-state index < -0.39 is 0 Å². The molecule has 0 saturated heterocycles. The summed E-state index contributed by atoms with van der Waals surface area (Å²) >= 11 is 0. The number of hydrogen-bond donors (Lipinski definition) is 0. The van der Waals surface area contributed by atoms with Crippen molar-refractivity contribution >= 4 is 34.1 Å². The topological polar surface area (TPSA) is 58.0 Å². The standard InChI is InChI=1S/C62H44N6/c1-7-19-45(20-8-1)57-43-59(65-61(63-57)49-23-11-3-12-24-49)47-31-35-53(36-32-47)67(51-27-15-5-16-28-51)55-39-41-56(42-40-55)68(52-29-17-6-18-30-52)54-37-33-48(34-38-54)60-44-58(46-21-9-2-10-22-46)64-62(66-60)50-25-13-4-14-26-50/h1-44H. The van der Waals surface area contributed by atoms with Crippen LogP contribution in [0.4, 0.5) is 34.1 Å². The normalized spacial score (nSPS) is 10.9. The molecule has 0 radical (unpaired) electrons. The highest BCUT2D eigenvalue weighted by Gasteiger charge is 2.18. The minimum atomic E-state index is 0.693. The number of nitrogens with zero attached hydrogens (tertiary/aromatic N) is 6. The highest BCUT2D eigenvalue weighted by molar-refractivity contribution is 5.83. The molecule has 11 aromatic rings. The Kier molecular flexibility index (Phi) is 11.6. The summed E-state index contributed by atoms with van der Waals surface area (Å²) in [5, 5.41) is 0. The van der Waals surface area contributed by atoms with Crippen LogP contribution in [0.3, 0.4) is 0 Å². The van der Waals surface area contributed by atoms with Crippen molar-refractivity contribution in [1.29, 1.82) is 0 Å². The van der Waals surface area contributed by atoms with Crippen molar-refractivity contribution < 1.29 is 0 Å². The van der Waals surface area contributed by atoms with E-state index in [-0.39, 0.29) is 0 Å². The molecule has 6 heteroatoms. The van der Waals surface area contributed by atoms with Gasteiger partial charge in [-0.2, -0.15) is 0 Å². The lowest BCUT2D eigenvalue weighted by Crippen LogP contribution is -2.12. The van der Waals surface area contributed by atoms with E-state index in [1.807, 2.05) is 72.8 Å². The van der Waals surface area contributed by atoms with Gasteiger partial charge < -0.3 is 9.80 Å². The Balaban J connectivity index is 0.927. The van der Waals surface area contributed by atoms with Crippen molar-refractivity contribution in [3.8, 4) is 67.8 Å². The van der Waals surface area contributed by atoms with Crippen molar-refractivity contribution in [2.45, 2.75) is 0 Å². The van der Waals surface area contributed by atoms with Crippen molar-refractivity contribution in [3.05, 3.63) is 267 Å². The van der Waals surface area contributed by atoms with Crippen LogP contribution in [0.5, 0.6) is 0 Å². The van der Waals surface area contributed by atoms with Gasteiger partial charge in [-0.1, -0.05) is 182 Å². The summed E-state index contributed by atoms with van der Waals surface area (Å²) in [6.07, 6.45) is 0. The van der Waals surface area contributed by atoms with Gasteiger partial charge in [0, 0.05) is 67.5 Å². The second-order valence-electron chi connectivity index (χ2n) is 16.3. The van der Waals surface area contributed by atoms with Crippen LogP contribution in [0.2, 0.25) is 0 Å². The molecular weight excluding hydrogens is 829 g/mol. The first-order chi connectivity index (χ1) is 33.7. The lowest BCUT2D eigenvalue weighted by atomic mass is 10.1. The molecule has 0 fully saturated rings. The number of para-hydroxylation sites is 2. The third-order valence-electron chi connectivity index (χ3n) is 11.9. The molecule has 0 amide bonds. The molecule has 0 N–H and O–H groups in total. The predicted octanol–water partition coefficient (Wildman–Crippen LogP) is 16.2. The van der Waals surface area contributed by atoms with Crippen LogP contribution < -0.4 is 9.80 Å². The molecule has 0 aliphatic carbocycles. The quantitative estimate of drug-likeness (QED) is 0.122. The summed E-state index contributed by atoms with van der Waals surface area (Å²) in [4.78, 5) is 24.7. The fraction of sp³-hybridized carbons (Fsp3) is 0. The fourth-order valence-corrected chi connectivity index (χ4v) is 8.50. The predicted molar refractivity (Wildman–Crippen MR) is 280 cm³/mol. The number of aromatic nitrogens is 4. The van der Waals surface area contributed by atoms with Gasteiger partial charge in [0.1, 0.15) is 0 Å². The summed E-state index contributed by atoms with van der Waals surface area (Å²) in [6.45, 7) is 0. The lowest BCUT2D eigenvalue weighted by molar-refractivity contribution is 1.18. The average molecular weight is 873 g/mol. The molecule has 2 aromatic heterocycles. The van der Waals surface area contributed by atoms with E-state index in [9.17, 15) is 0 Å². The Labute approximate surface area is 396 Å². The van der Waals surface area contributed by atoms with E-state index in [4.69, 9.17) is 19.9 Å². The van der Waals surface area contributed by atoms with Crippen LogP contribution in [0.25, 0.3) is 67.8 Å². The maximum Gasteiger partial charge on any atom is 0.160 e. The second-order valence-corrected chi connectivity index (χ2v) is 16.3. The highest BCUT2D eigenvalue weighted by Crippen LogP contribution is 2.40. The molecule has 11 rings (SSSR count). The number of rotatable bonds is 12. The van der Waals surface area contributed by atoms with Crippen LogP contribution in [0.1, 0.15) is 0 Å². The van der Waals surface area contributed by atoms with Gasteiger partial charge in [0.15, 0.2) is 11.6 Å². The Hall–Kier alpha value is -9.26. The van der Waals surface area contributed by atoms with E-state index in [0.717, 1.165) is 90.3 Å². The molecular formula is C62H44N6. The third kappa shape index (κ3) is 8.90. The zero-order chi connectivity index (χ0) is 45.5. The van der Waals surface area contributed by atoms with Gasteiger partial charge in [0.05, 0.1) is 22.8 Å². The van der Waals surface area contributed by atoms with Crippen LogP contribution in [-0.2, 0) is 0 Å². The summed E-state index contributed by atoms with van der Waals surface area (Å²) in [5.41, 5.74) is 15.8. The first-order valence-electron chi connectivity index (χ1n) is 22.7. The molecule has 68 heavy (non-hydrogen) atoms. The average Bonchev–Trinajstić information content (AvgIpc) is 3.43. The Morgan fingerprint density at radius 2 is 0.397 bits per heavy atom. The van der Waals surface area contributed by atoms with Crippen molar-refractivity contribution in [3.63, 3.8) is 0 Å². The molecule has 2 heterocycles. The number of benzene rings is 9. The Morgan fingerprint density at radius 3 is 0.676 bits per heavy atom. The molecule has 0 bridgehead atoms. The molecule has 0 aliphatic rings. The molecule has 0 aliphatic heterocycles. The minimum Gasteiger partial charge on any atom is -0.311 e. The summed E-state index contributed by atoms with van der Waals surface area (Å²) in [7, 11) is 0. The smallest absolute Gasteiger partial charge is 0.160 e. The van der Waals surface area contributed by atoms with Crippen LogP contribution in [0, 0.1) is 0 Å². The molecule has 0 saturated carbocycles. The lowest BCUT2D eigenvalue weighted by Gasteiger charge is -2.28. The van der Waals surface area contributed by atoms with Gasteiger partial charge in [0.2, 0.25) is 0 Å². The first kappa shape index (κ1) is 41.4. The monoisotopic (exact) mass is 872 g/mol. The largest absolute Gasteiger partial charge is 0.311 e. The SMILES string of the molecule is c1ccc(-c2cc(-c3ccc(N(c4ccccc4)c4ccc(N(c5ccccc5)c5ccc(-c6cc(-c7ccccc7)nc(-c7ccccc7)n6)cc5)cc4)cc3)nc(-c3ccccc3)n2)cc1. The zero-order valence-electron chi connectivity index (χ0n) is 37.1. The van der Waals surface area contributed by atoms with Crippen molar-refractivity contribution in [2.75, 3.05) is 9.80 Å². The molecule has 6 nitrogen and oxygen atoms in total. The van der Waals surface area contributed by atoms with Gasteiger partial charge >= 0.3 is 0 Å². The Morgan fingerprint density at radius 1 is 0.191 bits per heavy atom. The van der Waals surface area contributed by atoms with E-state index in [1.165, 1.54) is 0 Å². The van der Waals surface area contributed by atoms with Crippen LogP contribution >= 0.6 is 0 Å². The molecule has 0 unspecified atom stereocenters. The van der Waals surface area contributed by atoms with Crippen LogP contribution in [-0.4, -0.2) is 19.9 Å². The highest BCUT2D eigenvalue weighted by atomic mass is 15.2. The third-order valence-corrected chi connectivity index (χ3v) is 11.9. The number of hydrogen-bond acceptors (Lipinski definition) is 6. The maximum absolute atomic E-state index is 5.08. The van der Waals surface area contributed by atoms with Gasteiger partial charge in [-0.05, 0) is 84.9 Å². The summed E-state index contributed by atoms with van der Waals surface area (Å²) < 4.78 is 0. The minimum absolute atomic E-state index is 0.693. The molecule has 9 aromatic carbocycles. The van der Waals surface area contributed by atoms with E-state index >= 15 is 0 Å². The molecule has 0 atom stereocenters. The fourth-order valence-electron chi connectivity index (χ4n) is 8.50. The van der Waals surface area contributed by atoms with Gasteiger partial charge in [-0.15, -0.1) is 0 Å².